The van der Waals surface area contributed by atoms with Crippen molar-refractivity contribution < 1.29 is 4.39 Å². The Morgan fingerprint density at radius 1 is 1.12 bits per heavy atom. The van der Waals surface area contributed by atoms with E-state index in [0.717, 1.165) is 33.5 Å². The lowest BCUT2D eigenvalue weighted by Gasteiger charge is -2.07. The first-order valence-electron chi connectivity index (χ1n) is 7.40. The largest absolute Gasteiger partial charge is 0.327 e. The van der Waals surface area contributed by atoms with Crippen LogP contribution in [0.5, 0.6) is 0 Å². The minimum Gasteiger partial charge on any atom is -0.327 e. The molecule has 118 valence electrons. The van der Waals surface area contributed by atoms with Gasteiger partial charge in [0.1, 0.15) is 17.7 Å². The Labute approximate surface area is 136 Å². The molecule has 5 nitrogen and oxygen atoms in total. The number of H-pyrrole nitrogens is 1. The molecule has 3 heterocycles. The number of imidazole rings is 1. The maximum atomic E-state index is 13.3. The average molecular weight is 320 g/mol. The van der Waals surface area contributed by atoms with Crippen LogP contribution in [0.2, 0.25) is 0 Å². The highest BCUT2D eigenvalue weighted by atomic mass is 19.1. The molecule has 0 aliphatic heterocycles. The molecule has 4 rings (SSSR count). The Morgan fingerprint density at radius 2 is 2.00 bits per heavy atom. The van der Waals surface area contributed by atoms with Crippen molar-refractivity contribution in [3.8, 4) is 16.9 Å². The minimum atomic E-state index is -0.268. The number of hydrogen-bond acceptors (Lipinski definition) is 3. The first-order valence-corrected chi connectivity index (χ1v) is 7.40. The highest BCUT2D eigenvalue weighted by Crippen LogP contribution is 2.26. The molecule has 4 aromatic rings. The molecule has 0 aliphatic rings. The third-order valence-electron chi connectivity index (χ3n) is 3.94. The molecule has 0 radical (unpaired) electrons. The van der Waals surface area contributed by atoms with Crippen molar-refractivity contribution in [2.75, 3.05) is 0 Å². The predicted octanol–water partition coefficient (Wildman–Crippen LogP) is 3.22. The van der Waals surface area contributed by atoms with Gasteiger partial charge in [-0.3, -0.25) is 14.3 Å². The van der Waals surface area contributed by atoms with Gasteiger partial charge in [-0.15, -0.1) is 0 Å². The van der Waals surface area contributed by atoms with E-state index in [4.69, 9.17) is 0 Å². The van der Waals surface area contributed by atoms with Gasteiger partial charge in [-0.05, 0) is 42.8 Å². The van der Waals surface area contributed by atoms with Gasteiger partial charge in [0, 0.05) is 17.8 Å². The Bertz CT molecular complexity index is 1090. The fraction of sp³-hybridized carbons (Fsp3) is 0.0556. The molecule has 0 unspecified atom stereocenters. The second-order valence-corrected chi connectivity index (χ2v) is 5.54. The summed E-state index contributed by atoms with van der Waals surface area (Å²) in [6.45, 7) is 1.85. The van der Waals surface area contributed by atoms with Crippen LogP contribution in [0.25, 0.3) is 28.0 Å². The lowest BCUT2D eigenvalue weighted by Crippen LogP contribution is -2.04. The summed E-state index contributed by atoms with van der Waals surface area (Å²) in [6, 6.07) is 9.73. The quantitative estimate of drug-likeness (QED) is 0.617. The van der Waals surface area contributed by atoms with E-state index in [9.17, 15) is 9.18 Å². The fourth-order valence-electron chi connectivity index (χ4n) is 2.73. The molecule has 24 heavy (non-hydrogen) atoms. The molecule has 0 bridgehead atoms. The van der Waals surface area contributed by atoms with Gasteiger partial charge < -0.3 is 4.98 Å². The molecule has 3 aromatic heterocycles. The number of fused-ring (bicyclic) bond motifs is 1. The maximum absolute atomic E-state index is 13.3. The van der Waals surface area contributed by atoms with Crippen LogP contribution in [0, 0.1) is 12.7 Å². The van der Waals surface area contributed by atoms with Crippen molar-refractivity contribution in [1.82, 2.24) is 19.5 Å². The number of aryl methyl sites for hydroxylation is 1. The van der Waals surface area contributed by atoms with E-state index in [1.165, 1.54) is 18.2 Å². The van der Waals surface area contributed by atoms with E-state index in [1.54, 1.807) is 30.9 Å². The highest BCUT2D eigenvalue weighted by molar-refractivity contribution is 5.81. The summed E-state index contributed by atoms with van der Waals surface area (Å²) in [5.74, 6) is -0.268. The number of pyridine rings is 2. The summed E-state index contributed by atoms with van der Waals surface area (Å²) < 4.78 is 15.2. The van der Waals surface area contributed by atoms with E-state index in [-0.39, 0.29) is 11.4 Å². The number of aromatic amines is 1. The normalized spacial score (nSPS) is 11.1. The summed E-state index contributed by atoms with van der Waals surface area (Å²) >= 11 is 0. The van der Waals surface area contributed by atoms with Crippen molar-refractivity contribution in [1.29, 1.82) is 0 Å². The second-order valence-electron chi connectivity index (χ2n) is 5.54. The van der Waals surface area contributed by atoms with E-state index in [2.05, 4.69) is 15.0 Å². The molecule has 0 fully saturated rings. The van der Waals surface area contributed by atoms with Gasteiger partial charge in [-0.25, -0.2) is 9.37 Å². The number of nitrogens with one attached hydrogen (secondary N) is 1. The van der Waals surface area contributed by atoms with E-state index in [1.807, 2.05) is 17.6 Å². The standard InChI is InChI=1S/C18H13FN4O/c1-11-6-12(19)2-4-14(11)15-7-17-16(9-20-15)22-10-23(17)13-3-5-18(24)21-8-13/h2-10H,1H3,(H,21,24). The minimum absolute atomic E-state index is 0.160. The van der Waals surface area contributed by atoms with Gasteiger partial charge in [0.05, 0.1) is 23.1 Å². The summed E-state index contributed by atoms with van der Waals surface area (Å²) in [6.07, 6.45) is 5.00. The van der Waals surface area contributed by atoms with Crippen molar-refractivity contribution in [3.63, 3.8) is 0 Å². The maximum Gasteiger partial charge on any atom is 0.248 e. The van der Waals surface area contributed by atoms with Crippen molar-refractivity contribution in [3.05, 3.63) is 76.9 Å². The molecule has 1 aromatic carbocycles. The van der Waals surface area contributed by atoms with Gasteiger partial charge in [-0.1, -0.05) is 0 Å². The van der Waals surface area contributed by atoms with Crippen LogP contribution in [-0.2, 0) is 0 Å². The van der Waals surface area contributed by atoms with Crippen LogP contribution in [-0.4, -0.2) is 19.5 Å². The molecule has 1 N–H and O–H groups in total. The van der Waals surface area contributed by atoms with Crippen molar-refractivity contribution in [2.24, 2.45) is 0 Å². The first kappa shape index (κ1) is 14.3. The summed E-state index contributed by atoms with van der Waals surface area (Å²) in [5.41, 5.74) is 4.66. The van der Waals surface area contributed by atoms with Gasteiger partial charge in [0.15, 0.2) is 0 Å². The van der Waals surface area contributed by atoms with Gasteiger partial charge >= 0.3 is 0 Å². The van der Waals surface area contributed by atoms with Crippen LogP contribution in [0.15, 0.2) is 59.9 Å². The van der Waals surface area contributed by atoms with E-state index >= 15 is 0 Å². The fourth-order valence-corrected chi connectivity index (χ4v) is 2.73. The summed E-state index contributed by atoms with van der Waals surface area (Å²) in [7, 11) is 0. The van der Waals surface area contributed by atoms with Crippen molar-refractivity contribution in [2.45, 2.75) is 6.92 Å². The van der Waals surface area contributed by atoms with Crippen LogP contribution in [0.1, 0.15) is 5.56 Å². The van der Waals surface area contributed by atoms with Crippen LogP contribution in [0.3, 0.4) is 0 Å². The third kappa shape index (κ3) is 2.38. The van der Waals surface area contributed by atoms with Crippen LogP contribution < -0.4 is 5.56 Å². The predicted molar refractivity (Wildman–Crippen MR) is 89.6 cm³/mol. The lowest BCUT2D eigenvalue weighted by atomic mass is 10.0. The lowest BCUT2D eigenvalue weighted by molar-refractivity contribution is 0.627. The number of aromatic nitrogens is 4. The molecule has 0 atom stereocenters. The topological polar surface area (TPSA) is 63.6 Å². The molecular weight excluding hydrogens is 307 g/mol. The SMILES string of the molecule is Cc1cc(F)ccc1-c1cc2c(cn1)ncn2-c1ccc(=O)[nH]c1. The number of halogens is 1. The molecular formula is C18H13FN4O. The highest BCUT2D eigenvalue weighted by Gasteiger charge is 2.10. The van der Waals surface area contributed by atoms with Crippen molar-refractivity contribution >= 4 is 11.0 Å². The Hall–Kier alpha value is -3.28. The third-order valence-corrected chi connectivity index (χ3v) is 3.94. The number of rotatable bonds is 2. The van der Waals surface area contributed by atoms with Gasteiger partial charge in [-0.2, -0.15) is 0 Å². The first-order chi connectivity index (χ1) is 11.6. The van der Waals surface area contributed by atoms with Gasteiger partial charge in [0.25, 0.3) is 0 Å². The molecule has 0 spiro atoms. The Balaban J connectivity index is 1.90. The van der Waals surface area contributed by atoms with Crippen LogP contribution in [0.4, 0.5) is 4.39 Å². The zero-order chi connectivity index (χ0) is 16.7. The Morgan fingerprint density at radius 3 is 2.75 bits per heavy atom. The monoisotopic (exact) mass is 320 g/mol. The molecule has 0 saturated heterocycles. The smallest absolute Gasteiger partial charge is 0.248 e. The number of benzene rings is 1. The van der Waals surface area contributed by atoms with E-state index in [0.29, 0.717) is 0 Å². The molecule has 6 heteroatoms. The van der Waals surface area contributed by atoms with Gasteiger partial charge in [0.2, 0.25) is 5.56 Å². The zero-order valence-corrected chi connectivity index (χ0v) is 12.8. The summed E-state index contributed by atoms with van der Waals surface area (Å²) in [4.78, 5) is 22.7. The second kappa shape index (κ2) is 5.42. The number of nitrogens with zero attached hydrogens (tertiary/aromatic N) is 3. The number of hydrogen-bond donors (Lipinski definition) is 1. The van der Waals surface area contributed by atoms with Crippen LogP contribution >= 0.6 is 0 Å². The molecule has 0 aliphatic carbocycles. The Kier molecular flexibility index (Phi) is 3.23. The molecule has 0 saturated carbocycles. The van der Waals surface area contributed by atoms with E-state index < -0.39 is 0 Å². The zero-order valence-electron chi connectivity index (χ0n) is 12.8. The summed E-state index contributed by atoms with van der Waals surface area (Å²) in [5, 5.41) is 0. The molecule has 0 amide bonds. The average Bonchev–Trinajstić information content (AvgIpc) is 2.99.